The summed E-state index contributed by atoms with van der Waals surface area (Å²) in [6.45, 7) is 3.88. The quantitative estimate of drug-likeness (QED) is 0.289. The van der Waals surface area contributed by atoms with E-state index >= 15 is 0 Å². The van der Waals surface area contributed by atoms with Gasteiger partial charge in [-0.05, 0) is 49.2 Å². The Bertz CT molecular complexity index is 1390. The Morgan fingerprint density at radius 3 is 2.18 bits per heavy atom. The van der Waals surface area contributed by atoms with Gasteiger partial charge in [0.2, 0.25) is 0 Å². The molecule has 210 valence electrons. The molecule has 3 aromatic rings. The first-order chi connectivity index (χ1) is 18.4. The van der Waals surface area contributed by atoms with Crippen molar-refractivity contribution in [2.24, 2.45) is 0 Å². The third kappa shape index (κ3) is 7.79. The molecule has 0 saturated heterocycles. The molecule has 0 fully saturated rings. The highest BCUT2D eigenvalue weighted by atomic mass is 32.2. The monoisotopic (exact) mass is 566 g/mol. The fraction of sp³-hybridized carbons (Fsp3) is 0.296. The molecular weight excluding hydrogens is 537 g/mol. The lowest BCUT2D eigenvalue weighted by Gasteiger charge is -2.29. The van der Waals surface area contributed by atoms with Gasteiger partial charge in [-0.1, -0.05) is 25.1 Å². The highest BCUT2D eigenvalue weighted by Gasteiger charge is 2.32. The molecule has 0 heterocycles. The lowest BCUT2D eigenvalue weighted by Crippen LogP contribution is -2.40. The largest absolute Gasteiger partial charge is 0.497 e. The standard InChI is InChI=1S/C27H29F3N2O6S/c1-5-18(2)32(26(33)31-21-14-23(36-3)16-24(15-21)37-4)17-19-8-6-10-22(12-19)38-39(34,35)25-11-7-9-20(13-25)27(28,29)30/h6-16,18H,5,17H2,1-4H3,(H,31,33)/t18-/m0/s1. The fourth-order valence-corrected chi connectivity index (χ4v) is 4.59. The second kappa shape index (κ2) is 12.3. The summed E-state index contributed by atoms with van der Waals surface area (Å²) < 4.78 is 80.2. The van der Waals surface area contributed by atoms with Crippen molar-refractivity contribution in [3.8, 4) is 17.2 Å². The van der Waals surface area contributed by atoms with Crippen molar-refractivity contribution in [3.05, 3.63) is 77.9 Å². The zero-order chi connectivity index (χ0) is 28.8. The second-order valence-corrected chi connectivity index (χ2v) is 10.2. The smallest absolute Gasteiger partial charge is 0.416 e. The number of halogens is 3. The SMILES string of the molecule is CC[C@H](C)N(Cc1cccc(OS(=O)(=O)c2cccc(C(F)(F)F)c2)c1)C(=O)Nc1cc(OC)cc(OC)c1. The molecule has 3 rings (SSSR count). The lowest BCUT2D eigenvalue weighted by atomic mass is 10.1. The molecular formula is C27H29F3N2O6S. The minimum absolute atomic E-state index is 0.1000. The molecule has 39 heavy (non-hydrogen) atoms. The predicted octanol–water partition coefficient (Wildman–Crippen LogP) is 6.32. The molecule has 0 aliphatic rings. The van der Waals surface area contributed by atoms with Crippen LogP contribution in [-0.2, 0) is 22.8 Å². The maximum Gasteiger partial charge on any atom is 0.416 e. The summed E-state index contributed by atoms with van der Waals surface area (Å²) in [5, 5.41) is 2.83. The van der Waals surface area contributed by atoms with E-state index in [4.69, 9.17) is 13.7 Å². The van der Waals surface area contributed by atoms with Gasteiger partial charge in [-0.25, -0.2) is 4.79 Å². The van der Waals surface area contributed by atoms with Crippen LogP contribution < -0.4 is 19.0 Å². The van der Waals surface area contributed by atoms with Crippen molar-refractivity contribution in [2.75, 3.05) is 19.5 Å². The van der Waals surface area contributed by atoms with E-state index in [1.54, 1.807) is 29.2 Å². The molecule has 0 aliphatic heterocycles. The van der Waals surface area contributed by atoms with Crippen LogP contribution >= 0.6 is 0 Å². The number of hydrogen-bond acceptors (Lipinski definition) is 6. The van der Waals surface area contributed by atoms with Crippen molar-refractivity contribution in [3.63, 3.8) is 0 Å². The van der Waals surface area contributed by atoms with Crippen LogP contribution in [0.3, 0.4) is 0 Å². The molecule has 12 heteroatoms. The maximum atomic E-state index is 13.2. The average Bonchev–Trinajstić information content (AvgIpc) is 2.90. The first kappa shape index (κ1) is 29.6. The van der Waals surface area contributed by atoms with Gasteiger partial charge in [0.25, 0.3) is 0 Å². The van der Waals surface area contributed by atoms with Crippen molar-refractivity contribution in [1.29, 1.82) is 0 Å². The first-order valence-electron chi connectivity index (χ1n) is 11.9. The molecule has 0 unspecified atom stereocenters. The zero-order valence-corrected chi connectivity index (χ0v) is 22.6. The number of methoxy groups -OCH3 is 2. The third-order valence-electron chi connectivity index (χ3n) is 5.89. The van der Waals surface area contributed by atoms with Gasteiger partial charge in [0.05, 0.1) is 19.8 Å². The third-order valence-corrected chi connectivity index (χ3v) is 7.14. The van der Waals surface area contributed by atoms with E-state index in [1.807, 2.05) is 13.8 Å². The number of ether oxygens (including phenoxy) is 2. The van der Waals surface area contributed by atoms with Crippen LogP contribution in [0.2, 0.25) is 0 Å². The molecule has 3 aromatic carbocycles. The summed E-state index contributed by atoms with van der Waals surface area (Å²) in [5.74, 6) is 0.880. The number of anilines is 1. The Hall–Kier alpha value is -3.93. The van der Waals surface area contributed by atoms with Crippen molar-refractivity contribution in [1.82, 2.24) is 4.90 Å². The number of nitrogens with zero attached hydrogens (tertiary/aromatic N) is 1. The Morgan fingerprint density at radius 2 is 1.59 bits per heavy atom. The summed E-state index contributed by atoms with van der Waals surface area (Å²) in [6.07, 6.45) is -4.07. The van der Waals surface area contributed by atoms with Crippen molar-refractivity contribution >= 4 is 21.8 Å². The molecule has 2 amide bonds. The topological polar surface area (TPSA) is 94.2 Å². The number of carbonyl (C=O) groups is 1. The van der Waals surface area contributed by atoms with E-state index in [-0.39, 0.29) is 18.3 Å². The summed E-state index contributed by atoms with van der Waals surface area (Å²) >= 11 is 0. The van der Waals surface area contributed by atoms with Gasteiger partial charge >= 0.3 is 22.3 Å². The van der Waals surface area contributed by atoms with E-state index in [9.17, 15) is 26.4 Å². The van der Waals surface area contributed by atoms with E-state index in [0.29, 0.717) is 35.2 Å². The Balaban J connectivity index is 1.82. The van der Waals surface area contributed by atoms with Gasteiger partial charge in [-0.15, -0.1) is 0 Å². The molecule has 0 bridgehead atoms. The number of amides is 2. The Morgan fingerprint density at radius 1 is 0.949 bits per heavy atom. The van der Waals surface area contributed by atoms with E-state index in [0.717, 1.165) is 18.2 Å². The number of rotatable bonds is 10. The van der Waals surface area contributed by atoms with Crippen LogP contribution in [0.25, 0.3) is 0 Å². The van der Waals surface area contributed by atoms with Crippen molar-refractivity contribution < 1.29 is 40.0 Å². The Kier molecular flexibility index (Phi) is 9.33. The lowest BCUT2D eigenvalue weighted by molar-refractivity contribution is -0.137. The molecule has 0 aliphatic carbocycles. The molecule has 0 spiro atoms. The highest BCUT2D eigenvalue weighted by molar-refractivity contribution is 7.87. The fourth-order valence-electron chi connectivity index (χ4n) is 3.62. The van der Waals surface area contributed by atoms with Gasteiger partial charge in [0.1, 0.15) is 22.1 Å². The van der Waals surface area contributed by atoms with Crippen LogP contribution in [0.15, 0.2) is 71.6 Å². The summed E-state index contributed by atoms with van der Waals surface area (Å²) in [6, 6.07) is 13.6. The molecule has 0 radical (unpaired) electrons. The highest BCUT2D eigenvalue weighted by Crippen LogP contribution is 2.31. The average molecular weight is 567 g/mol. The number of carbonyl (C=O) groups excluding carboxylic acids is 1. The minimum atomic E-state index is -4.71. The Labute approximate surface area is 225 Å². The molecule has 1 N–H and O–H groups in total. The predicted molar refractivity (Wildman–Crippen MR) is 140 cm³/mol. The van der Waals surface area contributed by atoms with E-state index in [2.05, 4.69) is 5.32 Å². The number of hydrogen-bond donors (Lipinski definition) is 1. The zero-order valence-electron chi connectivity index (χ0n) is 21.8. The molecule has 0 aromatic heterocycles. The number of urea groups is 1. The minimum Gasteiger partial charge on any atom is -0.497 e. The van der Waals surface area contributed by atoms with Crippen LogP contribution in [0, 0.1) is 0 Å². The van der Waals surface area contributed by atoms with Gasteiger partial charge in [-0.2, -0.15) is 21.6 Å². The van der Waals surface area contributed by atoms with Crippen LogP contribution in [-0.4, -0.2) is 39.6 Å². The number of benzene rings is 3. The summed E-state index contributed by atoms with van der Waals surface area (Å²) in [4.78, 5) is 14.2. The van der Waals surface area contributed by atoms with Crippen LogP contribution in [0.1, 0.15) is 31.4 Å². The normalized spacial score (nSPS) is 12.4. The molecule has 0 saturated carbocycles. The molecule has 8 nitrogen and oxygen atoms in total. The van der Waals surface area contributed by atoms with Crippen molar-refractivity contribution in [2.45, 2.75) is 43.9 Å². The van der Waals surface area contributed by atoms with E-state index < -0.39 is 32.8 Å². The maximum absolute atomic E-state index is 13.2. The second-order valence-electron chi connectivity index (χ2n) is 8.63. The molecule has 1 atom stereocenters. The van der Waals surface area contributed by atoms with Gasteiger partial charge in [0.15, 0.2) is 0 Å². The number of alkyl halides is 3. The van der Waals surface area contributed by atoms with Gasteiger partial charge in [0, 0.05) is 36.5 Å². The van der Waals surface area contributed by atoms with Crippen LogP contribution in [0.5, 0.6) is 17.2 Å². The van der Waals surface area contributed by atoms with Gasteiger partial charge < -0.3 is 23.9 Å². The first-order valence-corrected chi connectivity index (χ1v) is 13.3. The van der Waals surface area contributed by atoms with Crippen LogP contribution in [0.4, 0.5) is 23.7 Å². The summed E-state index contributed by atoms with van der Waals surface area (Å²) in [5.41, 5.74) is -0.107. The van der Waals surface area contributed by atoms with E-state index in [1.165, 1.54) is 32.4 Å². The number of nitrogens with one attached hydrogen (secondary N) is 1. The summed E-state index contributed by atoms with van der Waals surface area (Å²) in [7, 11) is -1.56. The van der Waals surface area contributed by atoms with Gasteiger partial charge in [-0.3, -0.25) is 0 Å².